The van der Waals surface area contributed by atoms with Crippen LogP contribution in [0, 0.1) is 11.6 Å². The molecule has 0 aliphatic rings. The highest BCUT2D eigenvalue weighted by molar-refractivity contribution is 7.85. The van der Waals surface area contributed by atoms with E-state index in [0.29, 0.717) is 11.3 Å². The zero-order valence-corrected chi connectivity index (χ0v) is 30.5. The molecule has 272 valence electrons. The van der Waals surface area contributed by atoms with Crippen molar-refractivity contribution in [3.8, 4) is 33.8 Å². The summed E-state index contributed by atoms with van der Waals surface area (Å²) in [4.78, 5) is 20.7. The van der Waals surface area contributed by atoms with Gasteiger partial charge in [0.15, 0.2) is 5.78 Å². The zero-order valence-electron chi connectivity index (χ0n) is 29.6. The van der Waals surface area contributed by atoms with Gasteiger partial charge in [-0.25, -0.2) is 13.8 Å². The van der Waals surface area contributed by atoms with E-state index in [1.807, 2.05) is 127 Å². The van der Waals surface area contributed by atoms with E-state index in [1.165, 1.54) is 36.6 Å². The van der Waals surface area contributed by atoms with Crippen molar-refractivity contribution in [2.24, 2.45) is 11.5 Å². The van der Waals surface area contributed by atoms with Gasteiger partial charge in [0, 0.05) is 51.4 Å². The highest BCUT2D eigenvalue weighted by atomic mass is 32.2. The Hall–Kier alpha value is -6.00. The fraction of sp³-hybridized carbons (Fsp3) is 0.0889. The molecule has 1 aromatic heterocycles. The molecule has 9 heteroatoms. The molecule has 6 nitrogen and oxygen atoms in total. The molecule has 0 bridgehead atoms. The Kier molecular flexibility index (Phi) is 14.3. The van der Waals surface area contributed by atoms with Crippen LogP contribution in [0.15, 0.2) is 176 Å². The van der Waals surface area contributed by atoms with E-state index < -0.39 is 16.6 Å². The summed E-state index contributed by atoms with van der Waals surface area (Å²) in [7, 11) is -1.17. The Morgan fingerprint density at radius 2 is 1.04 bits per heavy atom. The largest absolute Gasteiger partial charge is 0.322 e. The van der Waals surface area contributed by atoms with Crippen molar-refractivity contribution in [2.45, 2.75) is 12.1 Å². The van der Waals surface area contributed by atoms with Crippen molar-refractivity contribution in [1.82, 2.24) is 9.97 Å². The standard InChI is InChI=1S/C22H15FN2.C14H16N2.C9H9FO2S/c23-19-13-7-12-18(14-19)20-15-24-21(16-8-3-1-4-9-16)22(25-20)17-10-5-2-6-11-17;15-13(11-7-3-1-4-8-11)14(16)12-9-5-2-6-10-12;1-13(12)6-9(11)7-3-2-4-8(10)5-7/h1-15H;1-10,13-14H,15-16H2;2-5H,6H2,1H3. The van der Waals surface area contributed by atoms with E-state index in [2.05, 4.69) is 4.98 Å². The van der Waals surface area contributed by atoms with E-state index in [0.717, 1.165) is 39.7 Å². The quantitative estimate of drug-likeness (QED) is 0.143. The SMILES string of the molecule is CS(=O)CC(=O)c1cccc(F)c1.Fc1cccc(-c2cnc(-c3ccccc3)c(-c3ccccc3)n2)c1.NC(c1ccccc1)C(N)c1ccccc1. The van der Waals surface area contributed by atoms with Gasteiger partial charge in [0.05, 0.1) is 29.0 Å². The van der Waals surface area contributed by atoms with E-state index in [9.17, 15) is 17.8 Å². The van der Waals surface area contributed by atoms with E-state index in [4.69, 9.17) is 16.5 Å². The first kappa shape index (κ1) is 39.2. The Labute approximate surface area is 317 Å². The first-order valence-corrected chi connectivity index (χ1v) is 18.9. The van der Waals surface area contributed by atoms with Gasteiger partial charge < -0.3 is 11.5 Å². The molecule has 0 amide bonds. The minimum absolute atomic E-state index is 0.0521. The van der Waals surface area contributed by atoms with Crippen molar-refractivity contribution in [3.63, 3.8) is 0 Å². The molecule has 54 heavy (non-hydrogen) atoms. The molecule has 3 atom stereocenters. The number of aromatic nitrogens is 2. The number of halogens is 2. The molecule has 0 saturated heterocycles. The van der Waals surface area contributed by atoms with Crippen LogP contribution in [-0.4, -0.2) is 32.0 Å². The van der Waals surface area contributed by atoms with Crippen LogP contribution in [0.4, 0.5) is 8.78 Å². The number of benzene rings is 6. The predicted molar refractivity (Wildman–Crippen MR) is 215 cm³/mol. The third-order valence-electron chi connectivity index (χ3n) is 8.22. The number of carbonyl (C=O) groups excluding carboxylic acids is 1. The lowest BCUT2D eigenvalue weighted by Crippen LogP contribution is -2.26. The summed E-state index contributed by atoms with van der Waals surface area (Å²) in [6.07, 6.45) is 3.14. The normalized spacial score (nSPS) is 12.2. The number of nitrogens with zero attached hydrogens (tertiary/aromatic N) is 2. The molecule has 7 aromatic rings. The summed E-state index contributed by atoms with van der Waals surface area (Å²) in [5.41, 5.74) is 19.6. The van der Waals surface area contributed by atoms with Crippen LogP contribution in [0.1, 0.15) is 33.6 Å². The van der Waals surface area contributed by atoms with Gasteiger partial charge in [0.1, 0.15) is 11.6 Å². The average Bonchev–Trinajstić information content (AvgIpc) is 3.21. The summed E-state index contributed by atoms with van der Waals surface area (Å²) in [6.45, 7) is 0. The van der Waals surface area contributed by atoms with Gasteiger partial charge in [-0.3, -0.25) is 14.0 Å². The minimum Gasteiger partial charge on any atom is -0.322 e. The second-order valence-corrected chi connectivity index (χ2v) is 13.7. The van der Waals surface area contributed by atoms with Crippen LogP contribution in [0.5, 0.6) is 0 Å². The maximum absolute atomic E-state index is 13.6. The van der Waals surface area contributed by atoms with Gasteiger partial charge in [-0.05, 0) is 35.4 Å². The molecular formula is C45H40F2N4O2S. The monoisotopic (exact) mass is 738 g/mol. The van der Waals surface area contributed by atoms with Crippen LogP contribution in [0.3, 0.4) is 0 Å². The topological polar surface area (TPSA) is 112 Å². The van der Waals surface area contributed by atoms with Crippen LogP contribution in [0.25, 0.3) is 33.8 Å². The molecule has 7 rings (SSSR count). The van der Waals surface area contributed by atoms with Gasteiger partial charge in [0.25, 0.3) is 0 Å². The first-order valence-electron chi connectivity index (χ1n) is 17.1. The minimum atomic E-state index is -1.17. The molecule has 0 aliphatic heterocycles. The third kappa shape index (κ3) is 11.2. The smallest absolute Gasteiger partial charge is 0.175 e. The highest BCUT2D eigenvalue weighted by Crippen LogP contribution is 2.31. The van der Waals surface area contributed by atoms with Gasteiger partial charge in [-0.1, -0.05) is 146 Å². The van der Waals surface area contributed by atoms with Gasteiger partial charge >= 0.3 is 0 Å². The Balaban J connectivity index is 0.000000167. The second kappa shape index (κ2) is 19.7. The fourth-order valence-corrected chi connectivity index (χ4v) is 6.01. The molecular weight excluding hydrogens is 699 g/mol. The highest BCUT2D eigenvalue weighted by Gasteiger charge is 2.17. The van der Waals surface area contributed by atoms with Crippen LogP contribution in [0.2, 0.25) is 0 Å². The second-order valence-electron chi connectivity index (χ2n) is 12.2. The van der Waals surface area contributed by atoms with Crippen LogP contribution >= 0.6 is 0 Å². The summed E-state index contributed by atoms with van der Waals surface area (Å²) in [5, 5.41) is 0. The molecule has 6 aromatic carbocycles. The van der Waals surface area contributed by atoms with Crippen molar-refractivity contribution < 1.29 is 17.8 Å². The third-order valence-corrected chi connectivity index (χ3v) is 8.89. The summed E-state index contributed by atoms with van der Waals surface area (Å²) in [6, 6.07) is 51.2. The zero-order chi connectivity index (χ0) is 38.3. The number of carbonyl (C=O) groups is 1. The maximum Gasteiger partial charge on any atom is 0.175 e. The fourth-order valence-electron chi connectivity index (χ4n) is 5.48. The molecule has 1 heterocycles. The molecule has 4 N–H and O–H groups in total. The predicted octanol–water partition coefficient (Wildman–Crippen LogP) is 9.39. The van der Waals surface area contributed by atoms with E-state index in [1.54, 1.807) is 12.3 Å². The Morgan fingerprint density at radius 3 is 1.52 bits per heavy atom. The molecule has 0 saturated carbocycles. The number of hydrogen-bond donors (Lipinski definition) is 2. The molecule has 0 aliphatic carbocycles. The van der Waals surface area contributed by atoms with Gasteiger partial charge in [-0.15, -0.1) is 0 Å². The number of nitrogens with two attached hydrogens (primary N) is 2. The maximum atomic E-state index is 13.6. The molecule has 0 radical (unpaired) electrons. The van der Waals surface area contributed by atoms with Crippen LogP contribution in [-0.2, 0) is 10.8 Å². The molecule has 3 unspecified atom stereocenters. The van der Waals surface area contributed by atoms with Crippen molar-refractivity contribution in [1.29, 1.82) is 0 Å². The van der Waals surface area contributed by atoms with Crippen molar-refractivity contribution in [2.75, 3.05) is 12.0 Å². The lowest BCUT2D eigenvalue weighted by Gasteiger charge is -2.20. The number of Topliss-reactive ketones (excluding diaryl/α,β-unsaturated/α-hetero) is 1. The van der Waals surface area contributed by atoms with E-state index in [-0.39, 0.29) is 35.0 Å². The molecule has 0 spiro atoms. The lowest BCUT2D eigenvalue weighted by atomic mass is 9.95. The first-order chi connectivity index (χ1) is 26.2. The summed E-state index contributed by atoms with van der Waals surface area (Å²) >= 11 is 0. The summed E-state index contributed by atoms with van der Waals surface area (Å²) in [5.74, 6) is -1.08. The Bertz CT molecular complexity index is 2220. The number of hydrogen-bond acceptors (Lipinski definition) is 6. The number of ketones is 1. The van der Waals surface area contributed by atoms with Gasteiger partial charge in [-0.2, -0.15) is 0 Å². The van der Waals surface area contributed by atoms with Crippen LogP contribution < -0.4 is 11.5 Å². The average molecular weight is 739 g/mol. The number of rotatable bonds is 9. The summed E-state index contributed by atoms with van der Waals surface area (Å²) < 4.78 is 36.9. The molecule has 0 fully saturated rings. The van der Waals surface area contributed by atoms with Gasteiger partial charge in [0.2, 0.25) is 0 Å². The lowest BCUT2D eigenvalue weighted by molar-refractivity contribution is 0.102. The van der Waals surface area contributed by atoms with E-state index >= 15 is 0 Å². The van der Waals surface area contributed by atoms with Crippen molar-refractivity contribution >= 4 is 16.6 Å². The van der Waals surface area contributed by atoms with Crippen molar-refractivity contribution in [3.05, 3.63) is 204 Å². The Morgan fingerprint density at radius 1 is 0.593 bits per heavy atom.